The van der Waals surface area contributed by atoms with Crippen LogP contribution in [0.1, 0.15) is 19.4 Å². The lowest BCUT2D eigenvalue weighted by Crippen LogP contribution is -2.19. The minimum absolute atomic E-state index is 0.190. The average Bonchev–Trinajstić information content (AvgIpc) is 2.29. The zero-order valence-corrected chi connectivity index (χ0v) is 11.2. The summed E-state index contributed by atoms with van der Waals surface area (Å²) in [5.74, 6) is 0.190. The molecule has 1 aromatic rings. The lowest BCUT2D eigenvalue weighted by atomic mass is 9.99. The molecule has 0 spiro atoms. The highest BCUT2D eigenvalue weighted by Gasteiger charge is 2.13. The highest BCUT2D eigenvalue weighted by atomic mass is 32.2. The molecule has 5 heteroatoms. The molecule has 0 amide bonds. The van der Waals surface area contributed by atoms with Crippen molar-refractivity contribution in [2.24, 2.45) is 5.92 Å². The average molecular weight is 257 g/mol. The molecule has 1 aromatic carbocycles. The maximum absolute atomic E-state index is 11.5. The fraction of sp³-hybridized carbons (Fsp3) is 0.500. The summed E-state index contributed by atoms with van der Waals surface area (Å²) >= 11 is 0. The van der Waals surface area contributed by atoms with Gasteiger partial charge < -0.3 is 5.11 Å². The van der Waals surface area contributed by atoms with E-state index >= 15 is 0 Å². The quantitative estimate of drug-likeness (QED) is 0.831. The van der Waals surface area contributed by atoms with E-state index in [0.717, 1.165) is 5.56 Å². The van der Waals surface area contributed by atoms with E-state index in [1.807, 2.05) is 13.8 Å². The summed E-state index contributed by atoms with van der Waals surface area (Å²) in [5, 5.41) is 9.72. The highest BCUT2D eigenvalue weighted by molar-refractivity contribution is 7.89. The lowest BCUT2D eigenvalue weighted by Gasteiger charge is -2.14. The molecular weight excluding hydrogens is 238 g/mol. The number of sulfonamides is 1. The van der Waals surface area contributed by atoms with Gasteiger partial charge in [0.25, 0.3) is 0 Å². The Hall–Kier alpha value is -0.910. The number of aliphatic hydroxyl groups excluding tert-OH is 1. The molecule has 0 aromatic heterocycles. The van der Waals surface area contributed by atoms with E-state index in [-0.39, 0.29) is 10.8 Å². The summed E-state index contributed by atoms with van der Waals surface area (Å²) < 4.78 is 25.2. The lowest BCUT2D eigenvalue weighted by molar-refractivity contribution is 0.125. The normalized spacial score (nSPS) is 13.9. The van der Waals surface area contributed by atoms with Crippen molar-refractivity contribution < 1.29 is 13.5 Å². The second kappa shape index (κ2) is 5.62. The van der Waals surface area contributed by atoms with E-state index in [9.17, 15) is 13.5 Å². The van der Waals surface area contributed by atoms with Crippen molar-refractivity contribution in [3.05, 3.63) is 29.8 Å². The van der Waals surface area contributed by atoms with Gasteiger partial charge in [-0.05, 0) is 37.1 Å². The third kappa shape index (κ3) is 3.80. The Morgan fingerprint density at radius 2 is 1.76 bits per heavy atom. The van der Waals surface area contributed by atoms with Crippen molar-refractivity contribution in [1.29, 1.82) is 0 Å². The van der Waals surface area contributed by atoms with E-state index in [4.69, 9.17) is 0 Å². The topological polar surface area (TPSA) is 66.4 Å². The molecule has 0 saturated carbocycles. The van der Waals surface area contributed by atoms with Gasteiger partial charge in [0.1, 0.15) is 0 Å². The standard InChI is InChI=1S/C12H19NO3S/c1-9(2)12(14)8-10-4-6-11(7-5-10)17(15,16)13-3/h4-7,9,12-14H,8H2,1-3H3. The predicted molar refractivity (Wildman–Crippen MR) is 67.2 cm³/mol. The van der Waals surface area contributed by atoms with Crippen LogP contribution in [0, 0.1) is 5.92 Å². The number of aliphatic hydroxyl groups is 1. The number of hydrogen-bond donors (Lipinski definition) is 2. The van der Waals surface area contributed by atoms with Crippen molar-refractivity contribution in [1.82, 2.24) is 4.72 Å². The molecule has 0 bridgehead atoms. The molecule has 96 valence electrons. The molecule has 0 fully saturated rings. The van der Waals surface area contributed by atoms with Crippen LogP contribution in [-0.2, 0) is 16.4 Å². The van der Waals surface area contributed by atoms with Crippen LogP contribution in [-0.4, -0.2) is 26.7 Å². The first-order valence-electron chi connectivity index (χ1n) is 5.57. The molecule has 2 N–H and O–H groups in total. The monoisotopic (exact) mass is 257 g/mol. The Morgan fingerprint density at radius 1 is 1.24 bits per heavy atom. The summed E-state index contributed by atoms with van der Waals surface area (Å²) in [6.07, 6.45) is 0.138. The molecule has 0 heterocycles. The smallest absolute Gasteiger partial charge is 0.240 e. The molecule has 0 aliphatic rings. The van der Waals surface area contributed by atoms with Crippen LogP contribution in [0.3, 0.4) is 0 Å². The van der Waals surface area contributed by atoms with Gasteiger partial charge in [-0.25, -0.2) is 13.1 Å². The largest absolute Gasteiger partial charge is 0.393 e. The van der Waals surface area contributed by atoms with Gasteiger partial charge >= 0.3 is 0 Å². The van der Waals surface area contributed by atoms with Crippen LogP contribution in [0.2, 0.25) is 0 Å². The van der Waals surface area contributed by atoms with Gasteiger partial charge in [0.05, 0.1) is 11.0 Å². The fourth-order valence-corrected chi connectivity index (χ4v) is 2.13. The predicted octanol–water partition coefficient (Wildman–Crippen LogP) is 1.15. The molecule has 17 heavy (non-hydrogen) atoms. The first-order valence-corrected chi connectivity index (χ1v) is 7.05. The Bertz CT molecular complexity index is 451. The zero-order valence-electron chi connectivity index (χ0n) is 10.3. The Balaban J connectivity index is 2.82. The van der Waals surface area contributed by atoms with Crippen molar-refractivity contribution in [3.63, 3.8) is 0 Å². The molecule has 0 radical (unpaired) electrons. The van der Waals surface area contributed by atoms with Gasteiger partial charge in [0.2, 0.25) is 10.0 Å². The van der Waals surface area contributed by atoms with Crippen LogP contribution in [0.5, 0.6) is 0 Å². The molecular formula is C12H19NO3S. The number of benzene rings is 1. The maximum Gasteiger partial charge on any atom is 0.240 e. The molecule has 0 saturated heterocycles. The van der Waals surface area contributed by atoms with Gasteiger partial charge in [-0.2, -0.15) is 0 Å². The number of nitrogens with one attached hydrogen (secondary N) is 1. The fourth-order valence-electron chi connectivity index (χ4n) is 1.40. The summed E-state index contributed by atoms with van der Waals surface area (Å²) in [6, 6.07) is 6.56. The third-order valence-electron chi connectivity index (χ3n) is 2.72. The minimum Gasteiger partial charge on any atom is -0.393 e. The Labute approximate surface area is 103 Å². The van der Waals surface area contributed by atoms with E-state index in [0.29, 0.717) is 6.42 Å². The summed E-state index contributed by atoms with van der Waals surface area (Å²) in [7, 11) is -1.99. The summed E-state index contributed by atoms with van der Waals surface area (Å²) in [5.41, 5.74) is 0.932. The first kappa shape index (κ1) is 14.2. The van der Waals surface area contributed by atoms with Crippen LogP contribution < -0.4 is 4.72 Å². The van der Waals surface area contributed by atoms with Crippen molar-refractivity contribution in [2.45, 2.75) is 31.3 Å². The minimum atomic E-state index is -3.37. The van der Waals surface area contributed by atoms with Gasteiger partial charge in [-0.3, -0.25) is 0 Å². The van der Waals surface area contributed by atoms with Gasteiger partial charge in [0, 0.05) is 0 Å². The molecule has 1 unspecified atom stereocenters. The second-order valence-electron chi connectivity index (χ2n) is 4.37. The molecule has 1 atom stereocenters. The first-order chi connectivity index (χ1) is 7.86. The molecule has 4 nitrogen and oxygen atoms in total. The van der Waals surface area contributed by atoms with E-state index in [1.54, 1.807) is 24.3 Å². The van der Waals surface area contributed by atoms with Gasteiger partial charge in [0.15, 0.2) is 0 Å². The van der Waals surface area contributed by atoms with Crippen molar-refractivity contribution >= 4 is 10.0 Å². The van der Waals surface area contributed by atoms with E-state index in [1.165, 1.54) is 7.05 Å². The van der Waals surface area contributed by atoms with Gasteiger partial charge in [-0.15, -0.1) is 0 Å². The molecule has 0 aliphatic heterocycles. The SMILES string of the molecule is CNS(=O)(=O)c1ccc(CC(O)C(C)C)cc1. The van der Waals surface area contributed by atoms with E-state index in [2.05, 4.69) is 4.72 Å². The van der Waals surface area contributed by atoms with Crippen LogP contribution in [0.25, 0.3) is 0 Å². The summed E-state index contributed by atoms with van der Waals surface area (Å²) in [4.78, 5) is 0.239. The summed E-state index contributed by atoms with van der Waals surface area (Å²) in [6.45, 7) is 3.90. The number of hydrogen-bond acceptors (Lipinski definition) is 3. The second-order valence-corrected chi connectivity index (χ2v) is 6.25. The van der Waals surface area contributed by atoms with Crippen molar-refractivity contribution in [2.75, 3.05) is 7.05 Å². The molecule has 1 rings (SSSR count). The zero-order chi connectivity index (χ0) is 13.1. The third-order valence-corrected chi connectivity index (χ3v) is 4.15. The Morgan fingerprint density at radius 3 is 2.18 bits per heavy atom. The van der Waals surface area contributed by atoms with Crippen LogP contribution in [0.4, 0.5) is 0 Å². The van der Waals surface area contributed by atoms with Crippen LogP contribution in [0.15, 0.2) is 29.2 Å². The van der Waals surface area contributed by atoms with Crippen molar-refractivity contribution in [3.8, 4) is 0 Å². The van der Waals surface area contributed by atoms with Crippen LogP contribution >= 0.6 is 0 Å². The molecule has 0 aliphatic carbocycles. The number of rotatable bonds is 5. The Kier molecular flexibility index (Phi) is 4.68. The highest BCUT2D eigenvalue weighted by Crippen LogP contribution is 2.14. The van der Waals surface area contributed by atoms with E-state index < -0.39 is 16.1 Å². The van der Waals surface area contributed by atoms with Gasteiger partial charge in [-0.1, -0.05) is 26.0 Å². The maximum atomic E-state index is 11.5.